The lowest BCUT2D eigenvalue weighted by atomic mass is 10.3. The molecule has 0 bridgehead atoms. The first kappa shape index (κ1) is 9.32. The summed E-state index contributed by atoms with van der Waals surface area (Å²) in [7, 11) is 0. The van der Waals surface area contributed by atoms with E-state index in [0.29, 0.717) is 6.54 Å². The molecule has 12 heavy (non-hydrogen) atoms. The first-order chi connectivity index (χ1) is 5.83. The number of ether oxygens (including phenoxy) is 1. The molecule has 0 saturated carbocycles. The molecule has 0 aromatic rings. The van der Waals surface area contributed by atoms with Gasteiger partial charge in [-0.1, -0.05) is 13.3 Å². The highest BCUT2D eigenvalue weighted by Crippen LogP contribution is 2.05. The van der Waals surface area contributed by atoms with Crippen molar-refractivity contribution in [3.63, 3.8) is 0 Å². The molecule has 0 aromatic carbocycles. The van der Waals surface area contributed by atoms with Gasteiger partial charge in [0.25, 0.3) is 0 Å². The van der Waals surface area contributed by atoms with Crippen molar-refractivity contribution in [3.8, 4) is 0 Å². The molecule has 1 heterocycles. The minimum Gasteiger partial charge on any atom is -0.371 e. The number of carbonyl (C=O) groups is 1. The van der Waals surface area contributed by atoms with E-state index in [2.05, 4.69) is 17.6 Å². The second-order valence-electron chi connectivity index (χ2n) is 2.95. The Bertz CT molecular complexity index is 146. The minimum atomic E-state index is -0.0843. The van der Waals surface area contributed by atoms with E-state index in [-0.39, 0.29) is 12.1 Å². The van der Waals surface area contributed by atoms with Crippen molar-refractivity contribution in [2.24, 2.45) is 0 Å². The number of hydrogen-bond donors (Lipinski definition) is 2. The van der Waals surface area contributed by atoms with Gasteiger partial charge in [0.2, 0.25) is 0 Å². The Morgan fingerprint density at radius 3 is 2.92 bits per heavy atom. The second kappa shape index (κ2) is 4.98. The quantitative estimate of drug-likeness (QED) is 0.468. The molecule has 1 unspecified atom stereocenters. The molecule has 1 aliphatic heterocycles. The van der Waals surface area contributed by atoms with Gasteiger partial charge < -0.3 is 15.4 Å². The van der Waals surface area contributed by atoms with E-state index < -0.39 is 0 Å². The topological polar surface area (TPSA) is 53.7 Å². The SMILES string of the molecule is CCCCNC(=O)NCC1CO1. The smallest absolute Gasteiger partial charge is 0.314 e. The number of urea groups is 1. The summed E-state index contributed by atoms with van der Waals surface area (Å²) < 4.78 is 4.94. The number of epoxide rings is 1. The third kappa shape index (κ3) is 4.18. The Kier molecular flexibility index (Phi) is 3.87. The van der Waals surface area contributed by atoms with Crippen LogP contribution in [0.3, 0.4) is 0 Å². The summed E-state index contributed by atoms with van der Waals surface area (Å²) >= 11 is 0. The van der Waals surface area contributed by atoms with Gasteiger partial charge >= 0.3 is 6.03 Å². The Morgan fingerprint density at radius 1 is 1.58 bits per heavy atom. The molecule has 1 saturated heterocycles. The predicted octanol–water partition coefficient (Wildman–Crippen LogP) is 0.484. The fraction of sp³-hybridized carbons (Fsp3) is 0.875. The Morgan fingerprint density at radius 2 is 2.33 bits per heavy atom. The van der Waals surface area contributed by atoms with E-state index in [4.69, 9.17) is 4.74 Å². The van der Waals surface area contributed by atoms with Gasteiger partial charge in [-0.25, -0.2) is 4.79 Å². The normalized spacial score (nSPS) is 20.2. The fourth-order valence-corrected chi connectivity index (χ4v) is 0.834. The molecule has 4 heteroatoms. The van der Waals surface area contributed by atoms with Crippen molar-refractivity contribution in [2.45, 2.75) is 25.9 Å². The van der Waals surface area contributed by atoms with Crippen molar-refractivity contribution in [2.75, 3.05) is 19.7 Å². The summed E-state index contributed by atoms with van der Waals surface area (Å²) in [6, 6.07) is -0.0843. The third-order valence-electron chi connectivity index (χ3n) is 1.71. The third-order valence-corrected chi connectivity index (χ3v) is 1.71. The predicted molar refractivity (Wildman–Crippen MR) is 46.0 cm³/mol. The Labute approximate surface area is 72.7 Å². The number of carbonyl (C=O) groups excluding carboxylic acids is 1. The van der Waals surface area contributed by atoms with Crippen molar-refractivity contribution in [3.05, 3.63) is 0 Å². The van der Waals surface area contributed by atoms with E-state index >= 15 is 0 Å². The highest BCUT2D eigenvalue weighted by molar-refractivity contribution is 5.73. The number of rotatable bonds is 5. The summed E-state index contributed by atoms with van der Waals surface area (Å²) in [4.78, 5) is 11.0. The molecule has 1 fully saturated rings. The van der Waals surface area contributed by atoms with Gasteiger partial charge in [-0.15, -0.1) is 0 Å². The standard InChI is InChI=1S/C8H16N2O2/c1-2-3-4-9-8(11)10-5-7-6-12-7/h7H,2-6H2,1H3,(H2,9,10,11). The van der Waals surface area contributed by atoms with Crippen LogP contribution in [0.15, 0.2) is 0 Å². The van der Waals surface area contributed by atoms with Crippen LogP contribution in [0.25, 0.3) is 0 Å². The Hall–Kier alpha value is -0.770. The summed E-state index contributed by atoms with van der Waals surface area (Å²) in [5.41, 5.74) is 0. The Balaban J connectivity index is 1.88. The van der Waals surface area contributed by atoms with Gasteiger partial charge in [-0.05, 0) is 6.42 Å². The maximum Gasteiger partial charge on any atom is 0.314 e. The van der Waals surface area contributed by atoms with Crippen molar-refractivity contribution in [1.29, 1.82) is 0 Å². The van der Waals surface area contributed by atoms with Crippen LogP contribution in [0.1, 0.15) is 19.8 Å². The molecule has 0 spiro atoms. The first-order valence-corrected chi connectivity index (χ1v) is 4.46. The molecule has 1 rings (SSSR count). The van der Waals surface area contributed by atoms with Gasteiger partial charge in [0.15, 0.2) is 0 Å². The molecule has 0 aromatic heterocycles. The molecule has 0 radical (unpaired) electrons. The van der Waals surface area contributed by atoms with Gasteiger partial charge in [-0.2, -0.15) is 0 Å². The average Bonchev–Trinajstić information content (AvgIpc) is 2.84. The maximum atomic E-state index is 11.0. The van der Waals surface area contributed by atoms with E-state index in [0.717, 1.165) is 26.0 Å². The summed E-state index contributed by atoms with van der Waals surface area (Å²) in [6.45, 7) is 4.28. The van der Waals surface area contributed by atoms with Crippen LogP contribution in [-0.2, 0) is 4.74 Å². The molecular weight excluding hydrogens is 156 g/mol. The van der Waals surface area contributed by atoms with Gasteiger partial charge in [0, 0.05) is 13.1 Å². The molecule has 2 amide bonds. The molecule has 4 nitrogen and oxygen atoms in total. The lowest BCUT2D eigenvalue weighted by Crippen LogP contribution is -2.37. The van der Waals surface area contributed by atoms with Crippen LogP contribution < -0.4 is 10.6 Å². The minimum absolute atomic E-state index is 0.0843. The van der Waals surface area contributed by atoms with Crippen LogP contribution in [0.4, 0.5) is 4.79 Å². The van der Waals surface area contributed by atoms with Crippen LogP contribution in [0, 0.1) is 0 Å². The van der Waals surface area contributed by atoms with Crippen LogP contribution >= 0.6 is 0 Å². The summed E-state index contributed by atoms with van der Waals surface area (Å²) in [5, 5.41) is 5.49. The maximum absolute atomic E-state index is 11.0. The van der Waals surface area contributed by atoms with Crippen molar-refractivity contribution >= 4 is 6.03 Å². The molecule has 70 valence electrons. The number of hydrogen-bond acceptors (Lipinski definition) is 2. The number of amides is 2. The number of nitrogens with one attached hydrogen (secondary N) is 2. The monoisotopic (exact) mass is 172 g/mol. The highest BCUT2D eigenvalue weighted by Gasteiger charge is 2.22. The van der Waals surface area contributed by atoms with Crippen LogP contribution in [0.2, 0.25) is 0 Å². The van der Waals surface area contributed by atoms with E-state index in [1.54, 1.807) is 0 Å². The van der Waals surface area contributed by atoms with Crippen molar-refractivity contribution < 1.29 is 9.53 Å². The highest BCUT2D eigenvalue weighted by atomic mass is 16.6. The van der Waals surface area contributed by atoms with E-state index in [9.17, 15) is 4.79 Å². The van der Waals surface area contributed by atoms with Gasteiger partial charge in [0.05, 0.1) is 12.7 Å². The first-order valence-electron chi connectivity index (χ1n) is 4.46. The molecule has 1 aliphatic rings. The summed E-state index contributed by atoms with van der Waals surface area (Å²) in [6.07, 6.45) is 2.40. The summed E-state index contributed by atoms with van der Waals surface area (Å²) in [5.74, 6) is 0. The van der Waals surface area contributed by atoms with Gasteiger partial charge in [-0.3, -0.25) is 0 Å². The lowest BCUT2D eigenvalue weighted by molar-refractivity contribution is 0.239. The zero-order valence-electron chi connectivity index (χ0n) is 7.43. The molecule has 1 atom stereocenters. The van der Waals surface area contributed by atoms with Crippen molar-refractivity contribution in [1.82, 2.24) is 10.6 Å². The molecule has 0 aliphatic carbocycles. The largest absolute Gasteiger partial charge is 0.371 e. The zero-order chi connectivity index (χ0) is 8.81. The van der Waals surface area contributed by atoms with Crippen LogP contribution in [0.5, 0.6) is 0 Å². The van der Waals surface area contributed by atoms with Gasteiger partial charge in [0.1, 0.15) is 0 Å². The average molecular weight is 172 g/mol. The van der Waals surface area contributed by atoms with E-state index in [1.807, 2.05) is 0 Å². The van der Waals surface area contributed by atoms with E-state index in [1.165, 1.54) is 0 Å². The zero-order valence-corrected chi connectivity index (χ0v) is 7.43. The second-order valence-corrected chi connectivity index (χ2v) is 2.95. The fourth-order valence-electron chi connectivity index (χ4n) is 0.834. The lowest BCUT2D eigenvalue weighted by Gasteiger charge is -2.04. The molecule has 2 N–H and O–H groups in total. The molecular formula is C8H16N2O2. The van der Waals surface area contributed by atoms with Crippen LogP contribution in [-0.4, -0.2) is 31.8 Å². The number of unbranched alkanes of at least 4 members (excludes halogenated alkanes) is 1.